The van der Waals surface area contributed by atoms with Crippen LogP contribution in [0.2, 0.25) is 0 Å². The normalized spacial score (nSPS) is 8.25. The summed E-state index contributed by atoms with van der Waals surface area (Å²) in [4.78, 5) is 0. The fraction of sp³-hybridized carbons (Fsp3) is 0.375. The predicted octanol–water partition coefficient (Wildman–Crippen LogP) is 5.61. The van der Waals surface area contributed by atoms with Gasteiger partial charge in [0.25, 0.3) is 0 Å². The van der Waals surface area contributed by atoms with E-state index in [2.05, 4.69) is 46.2 Å². The van der Waals surface area contributed by atoms with Gasteiger partial charge in [0.1, 0.15) is 0 Å². The summed E-state index contributed by atoms with van der Waals surface area (Å²) in [6, 6.07) is 0. The molecule has 0 atom stereocenters. The Balaban J connectivity index is 0. The summed E-state index contributed by atoms with van der Waals surface area (Å²) in [5.74, 6) is 0. The van der Waals surface area contributed by atoms with Gasteiger partial charge in [-0.05, 0) is 40.5 Å². The maximum absolute atomic E-state index is 3.82. The molecule has 0 saturated carbocycles. The predicted molar refractivity (Wildman–Crippen MR) is 77.6 cm³/mol. The van der Waals surface area contributed by atoms with Crippen molar-refractivity contribution in [3.8, 4) is 0 Å². The molecular weight excluding hydrogens is 192 g/mol. The van der Waals surface area contributed by atoms with E-state index in [1.165, 1.54) is 5.57 Å². The molecule has 0 amide bonds. The van der Waals surface area contributed by atoms with E-state index in [1.807, 2.05) is 19.9 Å². The van der Waals surface area contributed by atoms with E-state index in [9.17, 15) is 0 Å². The maximum Gasteiger partial charge on any atom is -0.0250 e. The van der Waals surface area contributed by atoms with Gasteiger partial charge < -0.3 is 0 Å². The van der Waals surface area contributed by atoms with Crippen molar-refractivity contribution in [1.29, 1.82) is 0 Å². The Hall–Kier alpha value is -1.30. The molecule has 0 heteroatoms. The molecule has 0 saturated heterocycles. The van der Waals surface area contributed by atoms with Gasteiger partial charge in [-0.1, -0.05) is 60.8 Å². The first-order valence-corrected chi connectivity index (χ1v) is 5.56. The van der Waals surface area contributed by atoms with Crippen LogP contribution >= 0.6 is 0 Å². The summed E-state index contributed by atoms with van der Waals surface area (Å²) >= 11 is 0. The maximum atomic E-state index is 3.82. The summed E-state index contributed by atoms with van der Waals surface area (Å²) in [6.45, 7) is 22.9. The van der Waals surface area contributed by atoms with E-state index in [1.54, 1.807) is 0 Å². The molecule has 0 nitrogen and oxygen atoms in total. The lowest BCUT2D eigenvalue weighted by atomic mass is 10.1. The first kappa shape index (κ1) is 17.1. The average molecular weight is 218 g/mol. The molecule has 0 radical (unpaired) electrons. The minimum Gasteiger partial charge on any atom is -0.0988 e. The molecule has 0 aliphatic carbocycles. The van der Waals surface area contributed by atoms with Crippen LogP contribution < -0.4 is 0 Å². The summed E-state index contributed by atoms with van der Waals surface area (Å²) in [5.41, 5.74) is 4.62. The van der Waals surface area contributed by atoms with Crippen molar-refractivity contribution in [1.82, 2.24) is 0 Å². The first-order chi connectivity index (χ1) is 7.31. The Bertz CT molecular complexity index is 271. The van der Waals surface area contributed by atoms with Crippen LogP contribution in [0.1, 0.15) is 40.5 Å². The highest BCUT2D eigenvalue weighted by atomic mass is 13.9. The Labute approximate surface area is 102 Å². The van der Waals surface area contributed by atoms with Gasteiger partial charge in [-0.25, -0.2) is 0 Å². The molecule has 0 N–H and O–H groups in total. The number of hydrogen-bond acceptors (Lipinski definition) is 0. The van der Waals surface area contributed by atoms with Crippen molar-refractivity contribution in [2.45, 2.75) is 40.5 Å². The van der Waals surface area contributed by atoms with Crippen molar-refractivity contribution in [2.75, 3.05) is 0 Å². The molecule has 0 aliphatic rings. The third-order valence-corrected chi connectivity index (χ3v) is 2.04. The molecule has 0 heterocycles. The molecule has 16 heavy (non-hydrogen) atoms. The lowest BCUT2D eigenvalue weighted by molar-refractivity contribution is 0.999. The van der Waals surface area contributed by atoms with Crippen molar-refractivity contribution >= 4 is 0 Å². The molecule has 0 fully saturated rings. The number of allylic oxidation sites excluding steroid dienone is 6. The van der Waals surface area contributed by atoms with Gasteiger partial charge in [0.15, 0.2) is 0 Å². The first-order valence-electron chi connectivity index (χ1n) is 5.56. The van der Waals surface area contributed by atoms with E-state index >= 15 is 0 Å². The van der Waals surface area contributed by atoms with Crippen molar-refractivity contribution in [3.05, 3.63) is 60.8 Å². The van der Waals surface area contributed by atoms with Crippen LogP contribution in [-0.2, 0) is 0 Å². The lowest BCUT2D eigenvalue weighted by Crippen LogP contribution is -1.74. The van der Waals surface area contributed by atoms with Crippen LogP contribution in [0.5, 0.6) is 0 Å². The van der Waals surface area contributed by atoms with E-state index < -0.39 is 0 Å². The minimum absolute atomic E-state index is 1.04. The summed E-state index contributed by atoms with van der Waals surface area (Å²) in [5, 5.41) is 0. The Morgan fingerprint density at radius 1 is 0.938 bits per heavy atom. The fourth-order valence-corrected chi connectivity index (χ4v) is 0.648. The summed E-state index contributed by atoms with van der Waals surface area (Å²) in [6.07, 6.45) is 6.16. The molecule has 90 valence electrons. The van der Waals surface area contributed by atoms with E-state index in [0.29, 0.717) is 0 Å². The lowest BCUT2D eigenvalue weighted by Gasteiger charge is -1.94. The third-order valence-electron chi connectivity index (χ3n) is 2.04. The molecule has 0 spiro atoms. The van der Waals surface area contributed by atoms with Crippen LogP contribution in [0.25, 0.3) is 0 Å². The topological polar surface area (TPSA) is 0 Å². The second kappa shape index (κ2) is 10.2. The highest BCUT2D eigenvalue weighted by molar-refractivity contribution is 5.19. The number of rotatable bonds is 5. The molecule has 0 aromatic heterocycles. The standard InChI is InChI=1S/C10H16.C6H10/c1-5-10(4)8-6-7-9(2)3;1-5(2)6(3)4/h5,7H,1,4,6,8H2,2-3H3;1,3H2,2,4H3. The van der Waals surface area contributed by atoms with E-state index in [-0.39, 0.29) is 0 Å². The Morgan fingerprint density at radius 2 is 1.38 bits per heavy atom. The SMILES string of the molecule is C=C(C)C(=C)C.C=CC(=C)CCC=C(C)C. The van der Waals surface area contributed by atoms with Gasteiger partial charge in [0.05, 0.1) is 0 Å². The Kier molecular flexibility index (Phi) is 10.9. The van der Waals surface area contributed by atoms with E-state index in [0.717, 1.165) is 29.6 Å². The monoisotopic (exact) mass is 218 g/mol. The highest BCUT2D eigenvalue weighted by Gasteiger charge is 1.84. The van der Waals surface area contributed by atoms with Gasteiger partial charge >= 0.3 is 0 Å². The second-order valence-corrected chi connectivity index (χ2v) is 4.24. The van der Waals surface area contributed by atoms with Crippen LogP contribution in [0.4, 0.5) is 0 Å². The number of hydrogen-bond donors (Lipinski definition) is 0. The van der Waals surface area contributed by atoms with Crippen LogP contribution in [-0.4, -0.2) is 0 Å². The smallest absolute Gasteiger partial charge is 0.0250 e. The van der Waals surface area contributed by atoms with Crippen LogP contribution in [0, 0.1) is 0 Å². The molecule has 0 aliphatic heterocycles. The summed E-state index contributed by atoms with van der Waals surface area (Å²) in [7, 11) is 0. The third kappa shape index (κ3) is 15.2. The molecule has 0 rings (SSSR count). The molecule has 0 aromatic carbocycles. The van der Waals surface area contributed by atoms with Gasteiger partial charge in [0, 0.05) is 0 Å². The largest absolute Gasteiger partial charge is 0.0988 e. The highest BCUT2D eigenvalue weighted by Crippen LogP contribution is 2.05. The zero-order valence-corrected chi connectivity index (χ0v) is 11.4. The Morgan fingerprint density at radius 3 is 1.62 bits per heavy atom. The molecule has 0 bridgehead atoms. The molecule has 0 unspecified atom stereocenters. The average Bonchev–Trinajstić information content (AvgIpc) is 2.17. The summed E-state index contributed by atoms with van der Waals surface area (Å²) < 4.78 is 0. The van der Waals surface area contributed by atoms with Crippen LogP contribution in [0.3, 0.4) is 0 Å². The van der Waals surface area contributed by atoms with Gasteiger partial charge in [-0.15, -0.1) is 0 Å². The second-order valence-electron chi connectivity index (χ2n) is 4.24. The molecule has 0 aromatic rings. The fourth-order valence-electron chi connectivity index (χ4n) is 0.648. The van der Waals surface area contributed by atoms with Crippen LogP contribution in [0.15, 0.2) is 60.8 Å². The van der Waals surface area contributed by atoms with Gasteiger partial charge in [-0.2, -0.15) is 0 Å². The van der Waals surface area contributed by atoms with Crippen molar-refractivity contribution < 1.29 is 0 Å². The van der Waals surface area contributed by atoms with Gasteiger partial charge in [-0.3, -0.25) is 0 Å². The zero-order chi connectivity index (χ0) is 13.1. The molecular formula is C16H26. The van der Waals surface area contributed by atoms with Crippen molar-refractivity contribution in [2.24, 2.45) is 0 Å². The zero-order valence-electron chi connectivity index (χ0n) is 11.4. The quantitative estimate of drug-likeness (QED) is 0.415. The minimum atomic E-state index is 1.04. The van der Waals surface area contributed by atoms with Crippen molar-refractivity contribution in [3.63, 3.8) is 0 Å². The van der Waals surface area contributed by atoms with E-state index in [4.69, 9.17) is 0 Å². The van der Waals surface area contributed by atoms with Gasteiger partial charge in [0.2, 0.25) is 0 Å².